The van der Waals surface area contributed by atoms with Gasteiger partial charge in [-0.3, -0.25) is 4.79 Å². The second-order valence-electron chi connectivity index (χ2n) is 4.44. The number of carbonyl (C=O) groups is 1. The summed E-state index contributed by atoms with van der Waals surface area (Å²) >= 11 is 0. The van der Waals surface area contributed by atoms with Crippen molar-refractivity contribution in [3.8, 4) is 0 Å². The van der Waals surface area contributed by atoms with Gasteiger partial charge in [0.05, 0.1) is 5.56 Å². The second-order valence-corrected chi connectivity index (χ2v) is 4.44. The normalized spacial score (nSPS) is 17.1. The van der Waals surface area contributed by atoms with Crippen LogP contribution in [0.3, 0.4) is 0 Å². The number of pyridine rings is 1. The van der Waals surface area contributed by atoms with Crippen molar-refractivity contribution >= 4 is 11.7 Å². The summed E-state index contributed by atoms with van der Waals surface area (Å²) < 4.78 is 0. The van der Waals surface area contributed by atoms with Gasteiger partial charge >= 0.3 is 0 Å². The number of nitrogens with zero attached hydrogens (tertiary/aromatic N) is 2. The average molecular weight is 234 g/mol. The van der Waals surface area contributed by atoms with Gasteiger partial charge in [0, 0.05) is 19.3 Å². The van der Waals surface area contributed by atoms with Crippen LogP contribution in [0.15, 0.2) is 18.3 Å². The Morgan fingerprint density at radius 3 is 2.59 bits per heavy atom. The molecule has 0 aromatic carbocycles. The molecule has 0 unspecified atom stereocenters. The van der Waals surface area contributed by atoms with E-state index in [9.17, 15) is 4.79 Å². The van der Waals surface area contributed by atoms with Gasteiger partial charge < -0.3 is 16.4 Å². The third kappa shape index (κ3) is 2.74. The highest BCUT2D eigenvalue weighted by molar-refractivity contribution is 5.92. The zero-order chi connectivity index (χ0) is 12.3. The topological polar surface area (TPSA) is 85.2 Å². The number of carbonyl (C=O) groups excluding carboxylic acids is 1. The zero-order valence-corrected chi connectivity index (χ0v) is 9.80. The van der Waals surface area contributed by atoms with Gasteiger partial charge in [0.25, 0.3) is 0 Å². The van der Waals surface area contributed by atoms with E-state index in [0.717, 1.165) is 38.3 Å². The first-order valence-electron chi connectivity index (χ1n) is 5.91. The molecule has 0 bridgehead atoms. The van der Waals surface area contributed by atoms with Crippen LogP contribution in [0, 0.1) is 5.92 Å². The fourth-order valence-electron chi connectivity index (χ4n) is 2.12. The number of aromatic nitrogens is 1. The van der Waals surface area contributed by atoms with Gasteiger partial charge in [-0.15, -0.1) is 0 Å². The van der Waals surface area contributed by atoms with E-state index in [1.54, 1.807) is 6.07 Å². The van der Waals surface area contributed by atoms with Gasteiger partial charge in [-0.25, -0.2) is 4.98 Å². The first kappa shape index (κ1) is 11.9. The van der Waals surface area contributed by atoms with Crippen LogP contribution in [0.4, 0.5) is 5.82 Å². The van der Waals surface area contributed by atoms with E-state index in [0.29, 0.717) is 11.5 Å². The molecule has 1 saturated heterocycles. The number of nitrogens with two attached hydrogens (primary N) is 2. The number of amides is 1. The van der Waals surface area contributed by atoms with Gasteiger partial charge in [0.2, 0.25) is 5.91 Å². The molecular formula is C12H18N4O. The monoisotopic (exact) mass is 234 g/mol. The molecule has 5 heteroatoms. The van der Waals surface area contributed by atoms with Crippen LogP contribution in [0.25, 0.3) is 0 Å². The van der Waals surface area contributed by atoms with Crippen molar-refractivity contribution in [2.45, 2.75) is 12.8 Å². The number of hydrogen-bond acceptors (Lipinski definition) is 4. The Morgan fingerprint density at radius 1 is 1.41 bits per heavy atom. The van der Waals surface area contributed by atoms with Crippen LogP contribution in [0.5, 0.6) is 0 Å². The van der Waals surface area contributed by atoms with Crippen molar-refractivity contribution < 1.29 is 4.79 Å². The second kappa shape index (κ2) is 5.14. The van der Waals surface area contributed by atoms with E-state index < -0.39 is 5.91 Å². The van der Waals surface area contributed by atoms with Crippen LogP contribution < -0.4 is 16.4 Å². The van der Waals surface area contributed by atoms with Crippen LogP contribution in [-0.2, 0) is 0 Å². The molecule has 1 aliphatic heterocycles. The molecule has 0 radical (unpaired) electrons. The van der Waals surface area contributed by atoms with Crippen LogP contribution >= 0.6 is 0 Å². The Hall–Kier alpha value is -1.62. The van der Waals surface area contributed by atoms with Crippen molar-refractivity contribution in [3.05, 3.63) is 23.9 Å². The fraction of sp³-hybridized carbons (Fsp3) is 0.500. The Kier molecular flexibility index (Phi) is 3.58. The van der Waals surface area contributed by atoms with Crippen molar-refractivity contribution in [1.29, 1.82) is 0 Å². The molecule has 1 fully saturated rings. The minimum absolute atomic E-state index is 0.439. The third-order valence-electron chi connectivity index (χ3n) is 3.30. The molecule has 17 heavy (non-hydrogen) atoms. The SMILES string of the molecule is NCC1CCN(c2ccc(C(N)=O)cn2)CC1. The lowest BCUT2D eigenvalue weighted by molar-refractivity contribution is 0.1000. The van der Waals surface area contributed by atoms with Gasteiger partial charge in [-0.2, -0.15) is 0 Å². The van der Waals surface area contributed by atoms with Crippen molar-refractivity contribution in [1.82, 2.24) is 4.98 Å². The molecule has 4 N–H and O–H groups in total. The Bertz CT molecular complexity index is 382. The molecule has 1 amide bonds. The highest BCUT2D eigenvalue weighted by Gasteiger charge is 2.18. The first-order valence-corrected chi connectivity index (χ1v) is 5.91. The first-order chi connectivity index (χ1) is 8.20. The number of anilines is 1. The molecule has 0 atom stereocenters. The standard InChI is InChI=1S/C12H18N4O/c13-7-9-3-5-16(6-4-9)11-2-1-10(8-15-11)12(14)17/h1-2,8-9H,3-7,13H2,(H2,14,17). The Morgan fingerprint density at radius 2 is 2.12 bits per heavy atom. The lowest BCUT2D eigenvalue weighted by Gasteiger charge is -2.32. The highest BCUT2D eigenvalue weighted by atomic mass is 16.1. The van der Waals surface area contributed by atoms with Crippen molar-refractivity contribution in [2.75, 3.05) is 24.5 Å². The predicted molar refractivity (Wildman–Crippen MR) is 66.7 cm³/mol. The number of hydrogen-bond donors (Lipinski definition) is 2. The van der Waals surface area contributed by atoms with Crippen molar-refractivity contribution in [2.24, 2.45) is 17.4 Å². The van der Waals surface area contributed by atoms with Gasteiger partial charge in [-0.05, 0) is 37.4 Å². The summed E-state index contributed by atoms with van der Waals surface area (Å²) in [5, 5.41) is 0. The van der Waals surface area contributed by atoms with E-state index in [2.05, 4.69) is 9.88 Å². The summed E-state index contributed by atoms with van der Waals surface area (Å²) in [6, 6.07) is 3.57. The summed E-state index contributed by atoms with van der Waals surface area (Å²) in [6.45, 7) is 2.72. The Labute approximate surface area is 101 Å². The number of primary amides is 1. The molecule has 92 valence electrons. The predicted octanol–water partition coefficient (Wildman–Crippen LogP) is 0.356. The van der Waals surface area contributed by atoms with E-state index in [-0.39, 0.29) is 0 Å². The van der Waals surface area contributed by atoms with Gasteiger partial charge in [0.15, 0.2) is 0 Å². The summed E-state index contributed by atoms with van der Waals surface area (Å²) in [6.07, 6.45) is 3.75. The summed E-state index contributed by atoms with van der Waals surface area (Å²) in [7, 11) is 0. The molecule has 0 spiro atoms. The maximum atomic E-state index is 10.9. The maximum absolute atomic E-state index is 10.9. The average Bonchev–Trinajstić information content (AvgIpc) is 2.39. The lowest BCUT2D eigenvalue weighted by atomic mass is 9.97. The van der Waals surface area contributed by atoms with Crippen LogP contribution in [0.2, 0.25) is 0 Å². The van der Waals surface area contributed by atoms with E-state index in [1.807, 2.05) is 6.07 Å². The molecule has 5 nitrogen and oxygen atoms in total. The van der Waals surface area contributed by atoms with E-state index in [4.69, 9.17) is 11.5 Å². The lowest BCUT2D eigenvalue weighted by Crippen LogP contribution is -2.36. The smallest absolute Gasteiger partial charge is 0.250 e. The third-order valence-corrected chi connectivity index (χ3v) is 3.30. The number of piperidine rings is 1. The van der Waals surface area contributed by atoms with E-state index in [1.165, 1.54) is 6.20 Å². The summed E-state index contributed by atoms with van der Waals surface area (Å²) in [5.74, 6) is 1.10. The zero-order valence-electron chi connectivity index (χ0n) is 9.80. The minimum Gasteiger partial charge on any atom is -0.366 e. The summed E-state index contributed by atoms with van der Waals surface area (Å²) in [4.78, 5) is 17.4. The molecule has 1 aromatic heterocycles. The largest absolute Gasteiger partial charge is 0.366 e. The molecule has 1 aliphatic rings. The molecular weight excluding hydrogens is 216 g/mol. The van der Waals surface area contributed by atoms with E-state index >= 15 is 0 Å². The summed E-state index contributed by atoms with van der Waals surface area (Å²) in [5.41, 5.74) is 11.3. The molecule has 1 aromatic rings. The number of rotatable bonds is 3. The fourth-order valence-corrected chi connectivity index (χ4v) is 2.12. The minimum atomic E-state index is -0.439. The highest BCUT2D eigenvalue weighted by Crippen LogP contribution is 2.20. The molecule has 0 aliphatic carbocycles. The van der Waals surface area contributed by atoms with Gasteiger partial charge in [0.1, 0.15) is 5.82 Å². The van der Waals surface area contributed by atoms with Crippen molar-refractivity contribution in [3.63, 3.8) is 0 Å². The van der Waals surface area contributed by atoms with Crippen LogP contribution in [0.1, 0.15) is 23.2 Å². The molecule has 0 saturated carbocycles. The molecule has 2 heterocycles. The van der Waals surface area contributed by atoms with Crippen LogP contribution in [-0.4, -0.2) is 30.5 Å². The molecule has 2 rings (SSSR count). The quantitative estimate of drug-likeness (QED) is 0.790. The Balaban J connectivity index is 2.01. The maximum Gasteiger partial charge on any atom is 0.250 e. The van der Waals surface area contributed by atoms with Gasteiger partial charge in [-0.1, -0.05) is 0 Å².